The molecule has 1 aliphatic rings. The molecule has 1 aliphatic heterocycles. The minimum Gasteiger partial charge on any atom is -0.353 e. The molecule has 1 unspecified atom stereocenters. The third-order valence-electron chi connectivity index (χ3n) is 3.53. The molecule has 1 N–H and O–H groups in total. The molecular weight excluding hydrogens is 242 g/mol. The smallest absolute Gasteiger partial charge is 0.239 e. The van der Waals surface area contributed by atoms with E-state index in [0.717, 1.165) is 25.9 Å². The fourth-order valence-corrected chi connectivity index (χ4v) is 2.30. The van der Waals surface area contributed by atoms with E-state index in [2.05, 4.69) is 5.32 Å². The minimum atomic E-state index is -0.240. The molecule has 19 heavy (non-hydrogen) atoms. The summed E-state index contributed by atoms with van der Waals surface area (Å²) in [5.41, 5.74) is 0. The van der Waals surface area contributed by atoms with Crippen molar-refractivity contribution in [2.45, 2.75) is 52.1 Å². The summed E-state index contributed by atoms with van der Waals surface area (Å²) in [6.45, 7) is 7.71. The third-order valence-corrected chi connectivity index (χ3v) is 3.53. The summed E-state index contributed by atoms with van der Waals surface area (Å²) >= 11 is 0. The number of nitrogens with one attached hydrogen (secondary N) is 1. The van der Waals surface area contributed by atoms with E-state index in [0.29, 0.717) is 0 Å². The van der Waals surface area contributed by atoms with Crippen LogP contribution >= 0.6 is 0 Å². The van der Waals surface area contributed by atoms with Crippen molar-refractivity contribution in [2.24, 2.45) is 0 Å². The first-order chi connectivity index (χ1) is 8.91. The Bertz CT molecular complexity index is 312. The van der Waals surface area contributed by atoms with E-state index >= 15 is 0 Å². The van der Waals surface area contributed by atoms with Gasteiger partial charge in [0.05, 0.1) is 12.6 Å². The Morgan fingerprint density at radius 3 is 2.26 bits per heavy atom. The minimum absolute atomic E-state index is 0.0317. The van der Waals surface area contributed by atoms with E-state index < -0.39 is 0 Å². The fourth-order valence-electron chi connectivity index (χ4n) is 2.30. The summed E-state index contributed by atoms with van der Waals surface area (Å²) in [6.07, 6.45) is 3.40. The van der Waals surface area contributed by atoms with Crippen LogP contribution in [0.2, 0.25) is 0 Å². The first kappa shape index (κ1) is 16.0. The topological polar surface area (TPSA) is 52.7 Å². The van der Waals surface area contributed by atoms with Crippen molar-refractivity contribution in [2.75, 3.05) is 26.7 Å². The molecule has 0 bridgehead atoms. The zero-order chi connectivity index (χ0) is 14.4. The van der Waals surface area contributed by atoms with E-state index in [1.54, 1.807) is 0 Å². The van der Waals surface area contributed by atoms with Crippen molar-refractivity contribution >= 4 is 11.8 Å². The molecule has 0 aromatic rings. The van der Waals surface area contributed by atoms with Crippen LogP contribution in [-0.4, -0.2) is 60.4 Å². The van der Waals surface area contributed by atoms with E-state index in [4.69, 9.17) is 0 Å². The Morgan fingerprint density at radius 2 is 1.74 bits per heavy atom. The Hall–Kier alpha value is -1.10. The third kappa shape index (κ3) is 5.19. The molecule has 1 rings (SSSR count). The van der Waals surface area contributed by atoms with Gasteiger partial charge in [-0.2, -0.15) is 0 Å². The summed E-state index contributed by atoms with van der Waals surface area (Å²) < 4.78 is 0. The maximum Gasteiger partial charge on any atom is 0.239 e. The van der Waals surface area contributed by atoms with Crippen molar-refractivity contribution in [3.63, 3.8) is 0 Å². The fraction of sp³-hybridized carbons (Fsp3) is 0.857. The normalized spacial score (nSPS) is 17.7. The average Bonchev–Trinajstić information content (AvgIpc) is 2.36. The van der Waals surface area contributed by atoms with Crippen LogP contribution in [0.1, 0.15) is 40.0 Å². The number of carbonyl (C=O) groups is 2. The number of hydrogen-bond acceptors (Lipinski definition) is 3. The number of likely N-dealkylation sites (tertiary alicyclic amines) is 1. The molecule has 1 fully saturated rings. The predicted octanol–water partition coefficient (Wildman–Crippen LogP) is 0.844. The zero-order valence-corrected chi connectivity index (χ0v) is 12.6. The average molecular weight is 269 g/mol. The van der Waals surface area contributed by atoms with E-state index in [1.165, 1.54) is 6.42 Å². The monoisotopic (exact) mass is 269 g/mol. The Kier molecular flexibility index (Phi) is 6.28. The highest BCUT2D eigenvalue weighted by Crippen LogP contribution is 2.11. The van der Waals surface area contributed by atoms with Gasteiger partial charge in [-0.1, -0.05) is 0 Å². The molecule has 0 radical (unpaired) electrons. The molecule has 5 nitrogen and oxygen atoms in total. The highest BCUT2D eigenvalue weighted by Gasteiger charge is 2.25. The molecular formula is C14H27N3O2. The van der Waals surface area contributed by atoms with Crippen molar-refractivity contribution in [3.05, 3.63) is 0 Å². The Morgan fingerprint density at radius 1 is 1.16 bits per heavy atom. The van der Waals surface area contributed by atoms with Crippen LogP contribution in [0, 0.1) is 0 Å². The van der Waals surface area contributed by atoms with Gasteiger partial charge in [-0.3, -0.25) is 14.5 Å². The number of likely N-dealkylation sites (N-methyl/N-ethyl adjacent to an activating group) is 1. The highest BCUT2D eigenvalue weighted by molar-refractivity contribution is 5.83. The molecule has 0 aromatic heterocycles. The molecule has 1 saturated heterocycles. The molecule has 5 heteroatoms. The van der Waals surface area contributed by atoms with Gasteiger partial charge in [0.2, 0.25) is 11.8 Å². The highest BCUT2D eigenvalue weighted by atomic mass is 16.2. The molecule has 110 valence electrons. The maximum atomic E-state index is 12.3. The largest absolute Gasteiger partial charge is 0.353 e. The van der Waals surface area contributed by atoms with Crippen molar-refractivity contribution in [1.82, 2.24) is 15.1 Å². The maximum absolute atomic E-state index is 12.3. The first-order valence-electron chi connectivity index (χ1n) is 7.20. The second-order valence-electron chi connectivity index (χ2n) is 5.70. The van der Waals surface area contributed by atoms with Gasteiger partial charge in [-0.05, 0) is 47.1 Å². The number of nitrogens with zero attached hydrogens (tertiary/aromatic N) is 2. The number of amides is 2. The van der Waals surface area contributed by atoms with Crippen LogP contribution in [0.5, 0.6) is 0 Å². The van der Waals surface area contributed by atoms with Crippen molar-refractivity contribution in [1.29, 1.82) is 0 Å². The van der Waals surface area contributed by atoms with Gasteiger partial charge in [0.15, 0.2) is 0 Å². The van der Waals surface area contributed by atoms with Crippen molar-refractivity contribution < 1.29 is 9.59 Å². The van der Waals surface area contributed by atoms with Crippen LogP contribution in [0.25, 0.3) is 0 Å². The lowest BCUT2D eigenvalue weighted by Gasteiger charge is -2.32. The first-order valence-corrected chi connectivity index (χ1v) is 7.20. The summed E-state index contributed by atoms with van der Waals surface area (Å²) in [6, 6.07) is -0.106. The molecule has 1 atom stereocenters. The molecule has 0 aliphatic carbocycles. The van der Waals surface area contributed by atoms with Crippen LogP contribution in [0.4, 0.5) is 0 Å². The van der Waals surface area contributed by atoms with E-state index in [9.17, 15) is 9.59 Å². The lowest BCUT2D eigenvalue weighted by molar-refractivity contribution is -0.137. The second-order valence-corrected chi connectivity index (χ2v) is 5.70. The molecule has 0 spiro atoms. The van der Waals surface area contributed by atoms with Gasteiger partial charge < -0.3 is 10.2 Å². The van der Waals surface area contributed by atoms with Gasteiger partial charge in [-0.15, -0.1) is 0 Å². The van der Waals surface area contributed by atoms with Gasteiger partial charge in [-0.25, -0.2) is 0 Å². The van der Waals surface area contributed by atoms with Crippen LogP contribution in [0.15, 0.2) is 0 Å². The van der Waals surface area contributed by atoms with Gasteiger partial charge in [0, 0.05) is 19.1 Å². The lowest BCUT2D eigenvalue weighted by atomic mass is 10.1. The quantitative estimate of drug-likeness (QED) is 0.805. The Labute approximate surface area is 116 Å². The number of hydrogen-bond donors (Lipinski definition) is 1. The van der Waals surface area contributed by atoms with E-state index in [1.807, 2.05) is 37.6 Å². The number of rotatable bonds is 5. The van der Waals surface area contributed by atoms with Gasteiger partial charge >= 0.3 is 0 Å². The second kappa shape index (κ2) is 7.48. The molecule has 0 aromatic carbocycles. The molecule has 2 amide bonds. The van der Waals surface area contributed by atoms with Crippen LogP contribution < -0.4 is 5.32 Å². The van der Waals surface area contributed by atoms with Gasteiger partial charge in [0.25, 0.3) is 0 Å². The number of piperidine rings is 1. The predicted molar refractivity (Wildman–Crippen MR) is 75.8 cm³/mol. The van der Waals surface area contributed by atoms with Crippen LogP contribution in [-0.2, 0) is 9.59 Å². The standard InChI is InChI=1S/C14H27N3O2/c1-11(2)15-13(18)10-16(4)12(3)14(19)17-8-6-5-7-9-17/h11-12H,5-10H2,1-4H3,(H,15,18). The van der Waals surface area contributed by atoms with E-state index in [-0.39, 0.29) is 30.4 Å². The zero-order valence-electron chi connectivity index (χ0n) is 12.6. The summed E-state index contributed by atoms with van der Waals surface area (Å²) in [5.74, 6) is 0.107. The lowest BCUT2D eigenvalue weighted by Crippen LogP contribution is -2.50. The molecule has 1 heterocycles. The molecule has 0 saturated carbocycles. The SMILES string of the molecule is CC(C)NC(=O)CN(C)C(C)C(=O)N1CCCCC1. The summed E-state index contributed by atoms with van der Waals surface area (Å²) in [5, 5.41) is 2.84. The Balaban J connectivity index is 2.44. The van der Waals surface area contributed by atoms with Crippen molar-refractivity contribution in [3.8, 4) is 0 Å². The van der Waals surface area contributed by atoms with Gasteiger partial charge in [0.1, 0.15) is 0 Å². The summed E-state index contributed by atoms with van der Waals surface area (Å²) in [4.78, 5) is 27.7. The van der Waals surface area contributed by atoms with Crippen LogP contribution in [0.3, 0.4) is 0 Å². The number of carbonyl (C=O) groups excluding carboxylic acids is 2. The summed E-state index contributed by atoms with van der Waals surface area (Å²) in [7, 11) is 1.83.